The van der Waals surface area contributed by atoms with Crippen molar-refractivity contribution in [3.63, 3.8) is 0 Å². The lowest BCUT2D eigenvalue weighted by molar-refractivity contribution is 0.363. The third-order valence-electron chi connectivity index (χ3n) is 2.97. The zero-order valence-electron chi connectivity index (χ0n) is 10.8. The highest BCUT2D eigenvalue weighted by Crippen LogP contribution is 2.21. The number of rotatable bonds is 8. The maximum Gasteiger partial charge on any atom is -0.0417 e. The van der Waals surface area contributed by atoms with Crippen LogP contribution in [0.4, 0.5) is 0 Å². The minimum atomic E-state index is 0.865. The molecule has 0 rings (SSSR count). The average molecular weight is 197 g/mol. The van der Waals surface area contributed by atoms with Gasteiger partial charge in [-0.3, -0.25) is 0 Å². The Kier molecular flexibility index (Phi) is 8.32. The summed E-state index contributed by atoms with van der Waals surface area (Å²) in [6.07, 6.45) is 9.19. The van der Waals surface area contributed by atoms with Crippen LogP contribution < -0.4 is 0 Å². The van der Waals surface area contributed by atoms with Crippen molar-refractivity contribution in [1.82, 2.24) is 0 Å². The molecule has 0 heteroatoms. The molecule has 0 fully saturated rings. The molecule has 0 spiro atoms. The summed E-state index contributed by atoms with van der Waals surface area (Å²) in [7, 11) is 0. The molecule has 0 saturated carbocycles. The molecule has 0 nitrogen and oxygen atoms in total. The molecule has 0 aliphatic rings. The van der Waals surface area contributed by atoms with Crippen molar-refractivity contribution in [3.8, 4) is 0 Å². The first-order chi connectivity index (χ1) is 6.56. The monoisotopic (exact) mass is 197 g/mol. The summed E-state index contributed by atoms with van der Waals surface area (Å²) in [6, 6.07) is 0. The molecule has 2 unspecified atom stereocenters. The van der Waals surface area contributed by atoms with E-state index in [0.29, 0.717) is 0 Å². The third-order valence-corrected chi connectivity index (χ3v) is 2.97. The van der Waals surface area contributed by atoms with Gasteiger partial charge in [0.25, 0.3) is 0 Å². The molecule has 0 aromatic carbocycles. The second kappa shape index (κ2) is 8.32. The van der Waals surface area contributed by atoms with Gasteiger partial charge in [-0.1, -0.05) is 60.3 Å². The van der Waals surface area contributed by atoms with Gasteiger partial charge in [0.15, 0.2) is 0 Å². The maximum absolute atomic E-state index is 2.40. The fraction of sp³-hybridized carbons (Fsp3) is 0.929. The predicted octanol–water partition coefficient (Wildman–Crippen LogP) is 5.09. The van der Waals surface area contributed by atoms with Gasteiger partial charge in [-0.25, -0.2) is 0 Å². The minimum absolute atomic E-state index is 0.865. The summed E-state index contributed by atoms with van der Waals surface area (Å²) >= 11 is 0. The molecule has 0 amide bonds. The Bertz CT molecular complexity index is 115. The topological polar surface area (TPSA) is 0 Å². The Morgan fingerprint density at radius 3 is 1.93 bits per heavy atom. The fourth-order valence-corrected chi connectivity index (χ4v) is 2.09. The summed E-state index contributed by atoms with van der Waals surface area (Å²) < 4.78 is 0. The minimum Gasteiger partial charge on any atom is -0.0628 e. The van der Waals surface area contributed by atoms with E-state index in [1.165, 1.54) is 32.1 Å². The SMILES string of the molecule is C[CH]CCC(C)CCC(C)CC(C)C. The van der Waals surface area contributed by atoms with Crippen molar-refractivity contribution in [2.75, 3.05) is 0 Å². The van der Waals surface area contributed by atoms with Crippen molar-refractivity contribution in [1.29, 1.82) is 0 Å². The summed E-state index contributed by atoms with van der Waals surface area (Å²) in [6.45, 7) is 11.6. The molecule has 0 aliphatic heterocycles. The normalized spacial score (nSPS) is 15.9. The summed E-state index contributed by atoms with van der Waals surface area (Å²) in [4.78, 5) is 0. The Morgan fingerprint density at radius 2 is 1.43 bits per heavy atom. The largest absolute Gasteiger partial charge is 0.0628 e. The average Bonchev–Trinajstić information content (AvgIpc) is 2.10. The standard InChI is InChI=1S/C14H29/c1-6-7-8-13(4)9-10-14(5)11-12(2)3/h6,12-14H,7-11H2,1-5H3. The van der Waals surface area contributed by atoms with E-state index in [9.17, 15) is 0 Å². The number of unbranched alkanes of at least 4 members (excludes halogenated alkanes) is 1. The highest BCUT2D eigenvalue weighted by Gasteiger charge is 2.07. The Hall–Kier alpha value is 0. The molecule has 1 radical (unpaired) electrons. The first kappa shape index (κ1) is 14.0. The van der Waals surface area contributed by atoms with Crippen molar-refractivity contribution in [3.05, 3.63) is 6.42 Å². The molecule has 2 atom stereocenters. The lowest BCUT2D eigenvalue weighted by Crippen LogP contribution is -2.03. The number of hydrogen-bond donors (Lipinski definition) is 0. The van der Waals surface area contributed by atoms with Gasteiger partial charge in [0.2, 0.25) is 0 Å². The second-order valence-electron chi connectivity index (χ2n) is 5.40. The van der Waals surface area contributed by atoms with Gasteiger partial charge >= 0.3 is 0 Å². The summed E-state index contributed by atoms with van der Waals surface area (Å²) in [5.74, 6) is 2.70. The van der Waals surface area contributed by atoms with Gasteiger partial charge in [-0.15, -0.1) is 0 Å². The molecular weight excluding hydrogens is 168 g/mol. The zero-order valence-corrected chi connectivity index (χ0v) is 10.8. The molecule has 0 aliphatic carbocycles. The Morgan fingerprint density at radius 1 is 0.857 bits per heavy atom. The van der Waals surface area contributed by atoms with E-state index in [1.54, 1.807) is 0 Å². The van der Waals surface area contributed by atoms with Crippen LogP contribution in [0.5, 0.6) is 0 Å². The van der Waals surface area contributed by atoms with Crippen molar-refractivity contribution < 1.29 is 0 Å². The molecule has 0 aromatic rings. The van der Waals surface area contributed by atoms with Crippen LogP contribution in [0.1, 0.15) is 66.7 Å². The van der Waals surface area contributed by atoms with Crippen LogP contribution in [0, 0.1) is 24.2 Å². The molecule has 0 bridgehead atoms. The molecule has 0 saturated heterocycles. The van der Waals surface area contributed by atoms with Crippen LogP contribution in [-0.4, -0.2) is 0 Å². The van der Waals surface area contributed by atoms with Crippen LogP contribution in [0.15, 0.2) is 0 Å². The van der Waals surface area contributed by atoms with E-state index in [2.05, 4.69) is 41.0 Å². The van der Waals surface area contributed by atoms with Gasteiger partial charge in [-0.2, -0.15) is 0 Å². The van der Waals surface area contributed by atoms with Crippen molar-refractivity contribution in [2.24, 2.45) is 17.8 Å². The summed E-state index contributed by atoms with van der Waals surface area (Å²) in [5.41, 5.74) is 0. The first-order valence-electron chi connectivity index (χ1n) is 6.34. The highest BCUT2D eigenvalue weighted by atomic mass is 14.1. The molecule has 14 heavy (non-hydrogen) atoms. The van der Waals surface area contributed by atoms with Gasteiger partial charge in [0.1, 0.15) is 0 Å². The lowest BCUT2D eigenvalue weighted by Gasteiger charge is -2.16. The predicted molar refractivity (Wildman–Crippen MR) is 66.2 cm³/mol. The molecular formula is C14H29. The molecule has 0 heterocycles. The van der Waals surface area contributed by atoms with Crippen LogP contribution in [0.3, 0.4) is 0 Å². The van der Waals surface area contributed by atoms with Crippen LogP contribution >= 0.6 is 0 Å². The molecule has 0 N–H and O–H groups in total. The Labute approximate surface area is 91.5 Å². The van der Waals surface area contributed by atoms with Crippen LogP contribution in [0.25, 0.3) is 0 Å². The first-order valence-corrected chi connectivity index (χ1v) is 6.34. The van der Waals surface area contributed by atoms with Gasteiger partial charge < -0.3 is 0 Å². The van der Waals surface area contributed by atoms with Crippen LogP contribution in [0.2, 0.25) is 0 Å². The van der Waals surface area contributed by atoms with Gasteiger partial charge in [0, 0.05) is 0 Å². The van der Waals surface area contributed by atoms with E-state index >= 15 is 0 Å². The molecule has 85 valence electrons. The fourth-order valence-electron chi connectivity index (χ4n) is 2.09. The second-order valence-corrected chi connectivity index (χ2v) is 5.40. The zero-order chi connectivity index (χ0) is 11.0. The van der Waals surface area contributed by atoms with Gasteiger partial charge in [0.05, 0.1) is 0 Å². The van der Waals surface area contributed by atoms with E-state index in [4.69, 9.17) is 0 Å². The van der Waals surface area contributed by atoms with Crippen molar-refractivity contribution >= 4 is 0 Å². The van der Waals surface area contributed by atoms with E-state index in [0.717, 1.165) is 17.8 Å². The maximum atomic E-state index is 2.40. The number of hydrogen-bond acceptors (Lipinski definition) is 0. The Balaban J connectivity index is 3.40. The quantitative estimate of drug-likeness (QED) is 0.508. The summed E-state index contributed by atoms with van der Waals surface area (Å²) in [5, 5.41) is 0. The third kappa shape index (κ3) is 8.59. The smallest absolute Gasteiger partial charge is 0.0417 e. The molecule has 0 aromatic heterocycles. The highest BCUT2D eigenvalue weighted by molar-refractivity contribution is 4.63. The van der Waals surface area contributed by atoms with Crippen molar-refractivity contribution in [2.45, 2.75) is 66.7 Å². The lowest BCUT2D eigenvalue weighted by atomic mass is 9.90. The van der Waals surface area contributed by atoms with Crippen LogP contribution in [-0.2, 0) is 0 Å². The van der Waals surface area contributed by atoms with E-state index < -0.39 is 0 Å². The van der Waals surface area contributed by atoms with E-state index in [1.807, 2.05) is 0 Å². The van der Waals surface area contributed by atoms with Gasteiger partial charge in [-0.05, 0) is 30.6 Å². The van der Waals surface area contributed by atoms with E-state index in [-0.39, 0.29) is 0 Å².